The monoisotopic (exact) mass is 269 g/mol. The third-order valence-corrected chi connectivity index (χ3v) is 4.32. The van der Waals surface area contributed by atoms with Crippen molar-refractivity contribution >= 4 is 22.8 Å². The van der Waals surface area contributed by atoms with Crippen LogP contribution in [0.4, 0.5) is 0 Å². The Morgan fingerprint density at radius 2 is 2.33 bits per heavy atom. The average Bonchev–Trinajstić information content (AvgIpc) is 2.99. The normalized spacial score (nSPS) is 25.5. The second-order valence-corrected chi connectivity index (χ2v) is 6.45. The van der Waals surface area contributed by atoms with Crippen molar-refractivity contribution in [1.29, 1.82) is 0 Å². The van der Waals surface area contributed by atoms with Crippen LogP contribution < -0.4 is 10.6 Å². The van der Waals surface area contributed by atoms with Crippen molar-refractivity contribution in [2.45, 2.75) is 51.6 Å². The van der Waals surface area contributed by atoms with E-state index in [1.807, 2.05) is 0 Å². The first kappa shape index (κ1) is 13.7. The van der Waals surface area contributed by atoms with E-state index in [0.29, 0.717) is 24.4 Å². The minimum Gasteiger partial charge on any atom is -0.361 e. The maximum Gasteiger partial charge on any atom is 0.220 e. The Kier molecular flexibility index (Phi) is 4.92. The van der Waals surface area contributed by atoms with Crippen LogP contribution in [0.15, 0.2) is 4.99 Å². The van der Waals surface area contributed by atoms with E-state index in [2.05, 4.69) is 29.5 Å². The summed E-state index contributed by atoms with van der Waals surface area (Å²) < 4.78 is 0. The van der Waals surface area contributed by atoms with Crippen LogP contribution in [0.5, 0.6) is 0 Å². The molecule has 4 nitrogen and oxygen atoms in total. The number of aliphatic imine (C=N–C) groups is 1. The van der Waals surface area contributed by atoms with Crippen molar-refractivity contribution < 1.29 is 4.79 Å². The first-order valence-corrected chi connectivity index (χ1v) is 7.87. The molecule has 1 aliphatic carbocycles. The van der Waals surface area contributed by atoms with Gasteiger partial charge in [0, 0.05) is 30.8 Å². The zero-order valence-electron chi connectivity index (χ0n) is 11.2. The van der Waals surface area contributed by atoms with Gasteiger partial charge in [0.1, 0.15) is 0 Å². The molecule has 1 atom stereocenters. The van der Waals surface area contributed by atoms with E-state index in [1.54, 1.807) is 11.8 Å². The summed E-state index contributed by atoms with van der Waals surface area (Å²) in [5, 5.41) is 7.48. The molecule has 1 unspecified atom stereocenters. The number of thioether (sulfide) groups is 1. The van der Waals surface area contributed by atoms with Gasteiger partial charge in [0.15, 0.2) is 5.17 Å². The fraction of sp³-hybridized carbons (Fsp3) is 0.846. The number of amidine groups is 1. The molecule has 2 aliphatic rings. The van der Waals surface area contributed by atoms with Crippen LogP contribution >= 0.6 is 11.8 Å². The maximum absolute atomic E-state index is 11.5. The van der Waals surface area contributed by atoms with Crippen molar-refractivity contribution in [3.63, 3.8) is 0 Å². The number of nitrogens with one attached hydrogen (secondary N) is 2. The average molecular weight is 269 g/mol. The Hall–Kier alpha value is -0.710. The highest BCUT2D eigenvalue weighted by Crippen LogP contribution is 2.19. The Morgan fingerprint density at radius 3 is 2.94 bits per heavy atom. The SMILES string of the molecule is CC(C)C1CSC(=NCCCC(=O)NC2CC2)N1. The van der Waals surface area contributed by atoms with Gasteiger partial charge in [0.2, 0.25) is 5.91 Å². The molecule has 1 saturated carbocycles. The minimum absolute atomic E-state index is 0.185. The summed E-state index contributed by atoms with van der Waals surface area (Å²) in [7, 11) is 0. The van der Waals surface area contributed by atoms with Gasteiger partial charge in [-0.25, -0.2) is 0 Å². The van der Waals surface area contributed by atoms with Crippen LogP contribution in [0.3, 0.4) is 0 Å². The molecule has 2 N–H and O–H groups in total. The van der Waals surface area contributed by atoms with Crippen molar-refractivity contribution in [2.24, 2.45) is 10.9 Å². The highest BCUT2D eigenvalue weighted by Gasteiger charge is 2.23. The fourth-order valence-electron chi connectivity index (χ4n) is 1.81. The maximum atomic E-state index is 11.5. The van der Waals surface area contributed by atoms with E-state index < -0.39 is 0 Å². The molecule has 1 amide bonds. The van der Waals surface area contributed by atoms with Gasteiger partial charge in [-0.1, -0.05) is 25.6 Å². The molecule has 5 heteroatoms. The van der Waals surface area contributed by atoms with Crippen molar-refractivity contribution in [2.75, 3.05) is 12.3 Å². The lowest BCUT2D eigenvalue weighted by atomic mass is 10.1. The number of amides is 1. The topological polar surface area (TPSA) is 53.5 Å². The lowest BCUT2D eigenvalue weighted by Crippen LogP contribution is -2.31. The number of rotatable bonds is 6. The molecule has 0 radical (unpaired) electrons. The summed E-state index contributed by atoms with van der Waals surface area (Å²) in [6.45, 7) is 5.20. The van der Waals surface area contributed by atoms with Crippen molar-refractivity contribution in [3.05, 3.63) is 0 Å². The van der Waals surface area contributed by atoms with Crippen LogP contribution in [0, 0.1) is 5.92 Å². The smallest absolute Gasteiger partial charge is 0.220 e. The van der Waals surface area contributed by atoms with Crippen molar-refractivity contribution in [3.8, 4) is 0 Å². The summed E-state index contributed by atoms with van der Waals surface area (Å²) in [5.41, 5.74) is 0. The van der Waals surface area contributed by atoms with E-state index >= 15 is 0 Å². The predicted octanol–water partition coefficient (Wildman–Crippen LogP) is 1.76. The van der Waals surface area contributed by atoms with E-state index in [4.69, 9.17) is 0 Å². The molecule has 0 aromatic heterocycles. The quantitative estimate of drug-likeness (QED) is 0.723. The minimum atomic E-state index is 0.185. The molecule has 102 valence electrons. The van der Waals surface area contributed by atoms with E-state index in [0.717, 1.165) is 36.7 Å². The first-order chi connectivity index (χ1) is 8.65. The van der Waals surface area contributed by atoms with Crippen molar-refractivity contribution in [1.82, 2.24) is 10.6 Å². The zero-order valence-corrected chi connectivity index (χ0v) is 12.1. The van der Waals surface area contributed by atoms with Gasteiger partial charge >= 0.3 is 0 Å². The van der Waals surface area contributed by atoms with Gasteiger partial charge in [0.25, 0.3) is 0 Å². The van der Waals surface area contributed by atoms with Gasteiger partial charge in [-0.15, -0.1) is 0 Å². The fourth-order valence-corrected chi connectivity index (χ4v) is 3.03. The Balaban J connectivity index is 1.58. The number of carbonyl (C=O) groups excluding carboxylic acids is 1. The summed E-state index contributed by atoms with van der Waals surface area (Å²) in [5.74, 6) is 1.94. The van der Waals surface area contributed by atoms with Gasteiger partial charge < -0.3 is 10.6 Å². The van der Waals surface area contributed by atoms with Gasteiger partial charge in [-0.05, 0) is 25.2 Å². The number of hydrogen-bond donors (Lipinski definition) is 2. The first-order valence-electron chi connectivity index (χ1n) is 6.88. The van der Waals surface area contributed by atoms with Crippen LogP contribution in [0.2, 0.25) is 0 Å². The van der Waals surface area contributed by atoms with Crippen LogP contribution in [-0.4, -0.2) is 35.5 Å². The molecule has 1 saturated heterocycles. The zero-order chi connectivity index (χ0) is 13.0. The van der Waals surface area contributed by atoms with Gasteiger partial charge in [-0.3, -0.25) is 9.79 Å². The van der Waals surface area contributed by atoms with Gasteiger partial charge in [0.05, 0.1) is 0 Å². The second-order valence-electron chi connectivity index (χ2n) is 5.44. The van der Waals surface area contributed by atoms with Crippen LogP contribution in [0.25, 0.3) is 0 Å². The Morgan fingerprint density at radius 1 is 1.56 bits per heavy atom. The van der Waals surface area contributed by atoms with E-state index in [1.165, 1.54) is 0 Å². The van der Waals surface area contributed by atoms with E-state index in [9.17, 15) is 4.79 Å². The molecular formula is C13H23N3OS. The molecule has 0 spiro atoms. The number of hydrogen-bond acceptors (Lipinski definition) is 3. The summed E-state index contributed by atoms with van der Waals surface area (Å²) >= 11 is 1.80. The number of nitrogens with zero attached hydrogens (tertiary/aromatic N) is 1. The molecule has 0 bridgehead atoms. The molecule has 2 fully saturated rings. The molecule has 0 aromatic rings. The third-order valence-electron chi connectivity index (χ3n) is 3.27. The van der Waals surface area contributed by atoms with Crippen LogP contribution in [-0.2, 0) is 4.79 Å². The molecular weight excluding hydrogens is 246 g/mol. The standard InChI is InChI=1S/C13H23N3OS/c1-9(2)11-8-18-13(16-11)14-7-3-4-12(17)15-10-5-6-10/h9-11H,3-8H2,1-2H3,(H,14,16)(H,15,17). The Labute approximate surface area is 113 Å². The number of carbonyl (C=O) groups is 1. The lowest BCUT2D eigenvalue weighted by Gasteiger charge is -2.13. The van der Waals surface area contributed by atoms with Gasteiger partial charge in [-0.2, -0.15) is 0 Å². The summed E-state index contributed by atoms with van der Waals surface area (Å²) in [6.07, 6.45) is 3.76. The Bertz CT molecular complexity index is 326. The molecule has 18 heavy (non-hydrogen) atoms. The summed E-state index contributed by atoms with van der Waals surface area (Å²) in [4.78, 5) is 16.0. The molecule has 1 aliphatic heterocycles. The largest absolute Gasteiger partial charge is 0.361 e. The molecule has 1 heterocycles. The highest BCUT2D eigenvalue weighted by molar-refractivity contribution is 8.14. The molecule has 2 rings (SSSR count). The predicted molar refractivity (Wildman–Crippen MR) is 76.9 cm³/mol. The third kappa shape index (κ3) is 4.52. The summed E-state index contributed by atoms with van der Waals surface area (Å²) in [6, 6.07) is 1.02. The highest BCUT2D eigenvalue weighted by atomic mass is 32.2. The lowest BCUT2D eigenvalue weighted by molar-refractivity contribution is -0.121. The van der Waals surface area contributed by atoms with E-state index in [-0.39, 0.29) is 5.91 Å². The second kappa shape index (κ2) is 6.45. The molecule has 0 aromatic carbocycles. The van der Waals surface area contributed by atoms with Crippen LogP contribution in [0.1, 0.15) is 39.5 Å².